The van der Waals surface area contributed by atoms with Gasteiger partial charge < -0.3 is 5.11 Å². The van der Waals surface area contributed by atoms with E-state index in [2.05, 4.69) is 20.8 Å². The number of aliphatic hydroxyl groups excluding tert-OH is 1. The van der Waals surface area contributed by atoms with E-state index in [-0.39, 0.29) is 6.10 Å². The van der Waals surface area contributed by atoms with Crippen LogP contribution < -0.4 is 0 Å². The lowest BCUT2D eigenvalue weighted by Gasteiger charge is -2.43. The van der Waals surface area contributed by atoms with Crippen LogP contribution in [0.2, 0.25) is 0 Å². The van der Waals surface area contributed by atoms with E-state index in [1.54, 1.807) is 0 Å². The minimum atomic E-state index is -0.153. The number of hydrogen-bond donors (Lipinski definition) is 1. The Bertz CT molecular complexity index is 184. The maximum absolute atomic E-state index is 9.58. The van der Waals surface area contributed by atoms with Crippen molar-refractivity contribution in [3.63, 3.8) is 0 Å². The molecule has 1 aliphatic carbocycles. The summed E-state index contributed by atoms with van der Waals surface area (Å²) in [5.74, 6) is 1.72. The highest BCUT2D eigenvalue weighted by Gasteiger charge is 2.36. The van der Waals surface area contributed by atoms with Crippen LogP contribution in [0, 0.1) is 17.3 Å². The molecule has 0 amide bonds. The number of rotatable bonds is 4. The van der Waals surface area contributed by atoms with Crippen LogP contribution in [-0.2, 0) is 0 Å². The molecular formula is C14H28O. The van der Waals surface area contributed by atoms with Gasteiger partial charge in [-0.3, -0.25) is 0 Å². The fraction of sp³-hybridized carbons (Fsp3) is 1.00. The van der Waals surface area contributed by atoms with Crippen LogP contribution in [0.1, 0.15) is 66.2 Å². The highest BCUT2D eigenvalue weighted by molar-refractivity contribution is 4.86. The Balaban J connectivity index is 2.64. The smallest absolute Gasteiger partial charge is 0.0517 e. The predicted molar refractivity (Wildman–Crippen MR) is 65.8 cm³/mol. The average molecular weight is 212 g/mol. The molecule has 0 radical (unpaired) electrons. The average Bonchev–Trinajstić information content (AvgIpc) is 2.16. The van der Waals surface area contributed by atoms with Gasteiger partial charge in [-0.05, 0) is 37.0 Å². The lowest BCUT2D eigenvalue weighted by Crippen LogP contribution is -2.35. The van der Waals surface area contributed by atoms with Crippen molar-refractivity contribution in [2.75, 3.05) is 0 Å². The predicted octanol–water partition coefficient (Wildman–Crippen LogP) is 4.00. The minimum absolute atomic E-state index is 0.153. The molecule has 0 aromatic heterocycles. The zero-order valence-corrected chi connectivity index (χ0v) is 10.9. The van der Waals surface area contributed by atoms with E-state index in [1.165, 1.54) is 32.1 Å². The molecule has 1 N–H and O–H groups in total. The molecule has 1 heteroatoms. The molecule has 1 aliphatic rings. The van der Waals surface area contributed by atoms with E-state index >= 15 is 0 Å². The largest absolute Gasteiger partial charge is 0.393 e. The van der Waals surface area contributed by atoms with Gasteiger partial charge in [-0.2, -0.15) is 0 Å². The molecule has 0 saturated heterocycles. The third-order valence-electron chi connectivity index (χ3n) is 4.26. The Morgan fingerprint density at radius 3 is 2.40 bits per heavy atom. The minimum Gasteiger partial charge on any atom is -0.393 e. The Morgan fingerprint density at radius 2 is 1.87 bits per heavy atom. The molecule has 3 atom stereocenters. The SMILES string of the molecule is CCC1CCCCC1C(C)(C)CC(C)O. The molecule has 0 bridgehead atoms. The Hall–Kier alpha value is -0.0400. The van der Waals surface area contributed by atoms with Crippen molar-refractivity contribution < 1.29 is 5.11 Å². The van der Waals surface area contributed by atoms with Crippen LogP contribution in [0.15, 0.2) is 0 Å². The molecular weight excluding hydrogens is 184 g/mol. The molecule has 1 fully saturated rings. The monoisotopic (exact) mass is 212 g/mol. The molecule has 1 saturated carbocycles. The van der Waals surface area contributed by atoms with Gasteiger partial charge in [0.05, 0.1) is 6.10 Å². The summed E-state index contributed by atoms with van der Waals surface area (Å²) in [6.07, 6.45) is 7.70. The molecule has 0 aromatic rings. The molecule has 0 spiro atoms. The van der Waals surface area contributed by atoms with Gasteiger partial charge in [-0.1, -0.05) is 46.5 Å². The summed E-state index contributed by atoms with van der Waals surface area (Å²) in [5, 5.41) is 9.58. The highest BCUT2D eigenvalue weighted by Crippen LogP contribution is 2.45. The third-order valence-corrected chi connectivity index (χ3v) is 4.26. The normalized spacial score (nSPS) is 30.2. The van der Waals surface area contributed by atoms with E-state index < -0.39 is 0 Å². The fourth-order valence-corrected chi connectivity index (χ4v) is 3.64. The van der Waals surface area contributed by atoms with E-state index in [0.29, 0.717) is 5.41 Å². The van der Waals surface area contributed by atoms with Crippen molar-refractivity contribution in [1.82, 2.24) is 0 Å². The lowest BCUT2D eigenvalue weighted by atomic mass is 9.63. The van der Waals surface area contributed by atoms with Gasteiger partial charge in [0.15, 0.2) is 0 Å². The molecule has 0 aromatic carbocycles. The van der Waals surface area contributed by atoms with Crippen molar-refractivity contribution in [2.24, 2.45) is 17.3 Å². The zero-order valence-electron chi connectivity index (χ0n) is 10.9. The van der Waals surface area contributed by atoms with Crippen LogP contribution in [0.4, 0.5) is 0 Å². The van der Waals surface area contributed by atoms with Crippen LogP contribution in [0.25, 0.3) is 0 Å². The Morgan fingerprint density at radius 1 is 1.27 bits per heavy atom. The molecule has 1 nitrogen and oxygen atoms in total. The van der Waals surface area contributed by atoms with Crippen molar-refractivity contribution in [3.8, 4) is 0 Å². The van der Waals surface area contributed by atoms with Gasteiger partial charge in [0.2, 0.25) is 0 Å². The summed E-state index contributed by atoms with van der Waals surface area (Å²) in [7, 11) is 0. The standard InChI is InChI=1S/C14H28O/c1-5-12-8-6-7-9-13(12)14(3,4)10-11(2)15/h11-13,15H,5-10H2,1-4H3. The summed E-state index contributed by atoms with van der Waals surface area (Å²) in [6.45, 7) is 8.93. The first-order valence-corrected chi connectivity index (χ1v) is 6.65. The quantitative estimate of drug-likeness (QED) is 0.747. The van der Waals surface area contributed by atoms with Crippen LogP contribution in [0.5, 0.6) is 0 Å². The Labute approximate surface area is 95.3 Å². The fourth-order valence-electron chi connectivity index (χ4n) is 3.64. The molecule has 15 heavy (non-hydrogen) atoms. The van der Waals surface area contributed by atoms with Crippen molar-refractivity contribution >= 4 is 0 Å². The van der Waals surface area contributed by atoms with Crippen molar-refractivity contribution in [3.05, 3.63) is 0 Å². The summed E-state index contributed by atoms with van der Waals surface area (Å²) in [6, 6.07) is 0. The van der Waals surface area contributed by atoms with Gasteiger partial charge in [-0.25, -0.2) is 0 Å². The maximum Gasteiger partial charge on any atom is 0.0517 e. The summed E-state index contributed by atoms with van der Waals surface area (Å²) < 4.78 is 0. The molecule has 0 heterocycles. The molecule has 3 unspecified atom stereocenters. The molecule has 1 rings (SSSR count). The van der Waals surface area contributed by atoms with E-state index in [1.807, 2.05) is 6.92 Å². The van der Waals surface area contributed by atoms with Gasteiger partial charge >= 0.3 is 0 Å². The first-order valence-electron chi connectivity index (χ1n) is 6.65. The van der Waals surface area contributed by atoms with E-state index in [0.717, 1.165) is 18.3 Å². The molecule has 90 valence electrons. The van der Waals surface area contributed by atoms with Crippen molar-refractivity contribution in [1.29, 1.82) is 0 Å². The van der Waals surface area contributed by atoms with Crippen LogP contribution in [0.3, 0.4) is 0 Å². The summed E-state index contributed by atoms with van der Waals surface area (Å²) in [5.41, 5.74) is 0.315. The number of hydrogen-bond acceptors (Lipinski definition) is 1. The summed E-state index contributed by atoms with van der Waals surface area (Å²) in [4.78, 5) is 0. The second-order valence-corrected chi connectivity index (χ2v) is 6.10. The lowest BCUT2D eigenvalue weighted by molar-refractivity contribution is 0.0385. The second-order valence-electron chi connectivity index (χ2n) is 6.10. The van der Waals surface area contributed by atoms with Crippen LogP contribution >= 0.6 is 0 Å². The van der Waals surface area contributed by atoms with E-state index in [4.69, 9.17) is 0 Å². The number of aliphatic hydroxyl groups is 1. The van der Waals surface area contributed by atoms with Gasteiger partial charge in [0, 0.05) is 0 Å². The zero-order chi connectivity index (χ0) is 11.5. The topological polar surface area (TPSA) is 20.2 Å². The van der Waals surface area contributed by atoms with Crippen molar-refractivity contribution in [2.45, 2.75) is 72.3 Å². The first-order chi connectivity index (χ1) is 6.97. The third kappa shape index (κ3) is 3.48. The van der Waals surface area contributed by atoms with Gasteiger partial charge in [-0.15, -0.1) is 0 Å². The maximum atomic E-state index is 9.58. The highest BCUT2D eigenvalue weighted by atomic mass is 16.3. The Kier molecular flexibility index (Phi) is 4.64. The van der Waals surface area contributed by atoms with Gasteiger partial charge in [0.1, 0.15) is 0 Å². The van der Waals surface area contributed by atoms with E-state index in [9.17, 15) is 5.11 Å². The second kappa shape index (κ2) is 5.34. The van der Waals surface area contributed by atoms with Gasteiger partial charge in [0.25, 0.3) is 0 Å². The first kappa shape index (κ1) is 13.0. The van der Waals surface area contributed by atoms with Crippen LogP contribution in [-0.4, -0.2) is 11.2 Å². The summed E-state index contributed by atoms with van der Waals surface area (Å²) >= 11 is 0. The molecule has 0 aliphatic heterocycles.